The van der Waals surface area contributed by atoms with Crippen molar-refractivity contribution in [1.82, 2.24) is 19.9 Å². The van der Waals surface area contributed by atoms with Crippen molar-refractivity contribution in [3.8, 4) is 11.3 Å². The number of hydrogen-bond acceptors (Lipinski definition) is 6. The zero-order valence-corrected chi connectivity index (χ0v) is 20.0. The molecule has 1 saturated heterocycles. The predicted molar refractivity (Wildman–Crippen MR) is 124 cm³/mol. The summed E-state index contributed by atoms with van der Waals surface area (Å²) in [7, 11) is -3.41. The summed E-state index contributed by atoms with van der Waals surface area (Å²) in [6, 6.07) is 10.6. The highest BCUT2D eigenvalue weighted by molar-refractivity contribution is 7.90. The average molecular weight is 521 g/mol. The van der Waals surface area contributed by atoms with E-state index in [-0.39, 0.29) is 30.5 Å². The fourth-order valence-corrected chi connectivity index (χ4v) is 4.60. The molecule has 0 saturated carbocycles. The Labute approximate surface area is 205 Å². The first-order valence-electron chi connectivity index (χ1n) is 10.9. The van der Waals surface area contributed by atoms with Gasteiger partial charge in [0.05, 0.1) is 35.4 Å². The molecule has 0 aliphatic carbocycles. The number of amides is 1. The van der Waals surface area contributed by atoms with Gasteiger partial charge in [-0.1, -0.05) is 36.1 Å². The quantitative estimate of drug-likeness (QED) is 0.443. The molecular formula is C24H23F3N4O4S. The number of aromatic nitrogens is 3. The van der Waals surface area contributed by atoms with Gasteiger partial charge in [-0.25, -0.2) is 13.1 Å². The minimum atomic E-state index is -4.42. The van der Waals surface area contributed by atoms with E-state index < -0.39 is 33.7 Å². The van der Waals surface area contributed by atoms with Crippen LogP contribution in [0.2, 0.25) is 0 Å². The van der Waals surface area contributed by atoms with Crippen LogP contribution in [-0.4, -0.2) is 59.7 Å². The van der Waals surface area contributed by atoms with Gasteiger partial charge in [0.2, 0.25) is 5.91 Å². The van der Waals surface area contributed by atoms with E-state index >= 15 is 0 Å². The molecule has 0 radical (unpaired) electrons. The Kier molecular flexibility index (Phi) is 7.01. The molecule has 1 aliphatic heterocycles. The second-order valence-electron chi connectivity index (χ2n) is 8.44. The second kappa shape index (κ2) is 9.86. The molecule has 36 heavy (non-hydrogen) atoms. The molecule has 0 spiro atoms. The van der Waals surface area contributed by atoms with Crippen LogP contribution in [-0.2, 0) is 32.2 Å². The summed E-state index contributed by atoms with van der Waals surface area (Å²) in [5.74, 6) is -0.290. The molecule has 1 amide bonds. The Morgan fingerprint density at radius 1 is 1.19 bits per heavy atom. The first-order valence-corrected chi connectivity index (χ1v) is 12.8. The fraction of sp³-hybridized carbons (Fsp3) is 0.292. The van der Waals surface area contributed by atoms with E-state index in [1.165, 1.54) is 30.3 Å². The van der Waals surface area contributed by atoms with Gasteiger partial charge < -0.3 is 9.64 Å². The summed E-state index contributed by atoms with van der Waals surface area (Å²) in [5.41, 5.74) is 0.800. The molecule has 2 atom stereocenters. The average Bonchev–Trinajstić information content (AvgIpc) is 3.49. The largest absolute Gasteiger partial charge is 0.416 e. The molecule has 1 fully saturated rings. The number of rotatable bonds is 7. The van der Waals surface area contributed by atoms with Crippen LogP contribution in [0.3, 0.4) is 0 Å². The zero-order chi connectivity index (χ0) is 26.1. The lowest BCUT2D eigenvalue weighted by Gasteiger charge is -2.19. The summed E-state index contributed by atoms with van der Waals surface area (Å²) in [6.45, 7) is 4.04. The molecule has 190 valence electrons. The number of carbonyl (C=O) groups is 1. The molecule has 2 aromatic carbocycles. The van der Waals surface area contributed by atoms with Crippen molar-refractivity contribution in [3.05, 3.63) is 78.5 Å². The highest BCUT2D eigenvalue weighted by Gasteiger charge is 2.37. The topological polar surface area (TPSA) is 94.4 Å². The SMILES string of the molecule is C=CC(=O)N1CC(OCc2ccc(C(F)(F)F)cc2)C(n2cc(-c3cccc(S(C)(=O)=O)c3)nn2)C1. The van der Waals surface area contributed by atoms with Gasteiger partial charge in [-0.3, -0.25) is 4.79 Å². The monoisotopic (exact) mass is 520 g/mol. The molecule has 2 heterocycles. The van der Waals surface area contributed by atoms with Crippen molar-refractivity contribution in [2.24, 2.45) is 0 Å². The van der Waals surface area contributed by atoms with Gasteiger partial charge in [-0.15, -0.1) is 5.10 Å². The van der Waals surface area contributed by atoms with Crippen LogP contribution in [0.4, 0.5) is 13.2 Å². The Morgan fingerprint density at radius 2 is 1.92 bits per heavy atom. The molecule has 2 unspecified atom stereocenters. The molecule has 1 aromatic heterocycles. The number of ether oxygens (including phenoxy) is 1. The Hall–Kier alpha value is -3.51. The summed E-state index contributed by atoms with van der Waals surface area (Å²) in [5, 5.41) is 8.34. The molecule has 3 aromatic rings. The van der Waals surface area contributed by atoms with E-state index in [9.17, 15) is 26.4 Å². The lowest BCUT2D eigenvalue weighted by atomic mass is 10.1. The summed E-state index contributed by atoms with van der Waals surface area (Å²) >= 11 is 0. The van der Waals surface area contributed by atoms with Gasteiger partial charge in [0.25, 0.3) is 0 Å². The van der Waals surface area contributed by atoms with Crippen molar-refractivity contribution < 1.29 is 31.1 Å². The van der Waals surface area contributed by atoms with Crippen molar-refractivity contribution in [2.75, 3.05) is 19.3 Å². The predicted octanol–water partition coefficient (Wildman–Crippen LogP) is 3.52. The van der Waals surface area contributed by atoms with Gasteiger partial charge in [0.1, 0.15) is 5.69 Å². The third-order valence-electron chi connectivity index (χ3n) is 5.88. The number of alkyl halides is 3. The van der Waals surface area contributed by atoms with Crippen LogP contribution in [0.1, 0.15) is 17.2 Å². The zero-order valence-electron chi connectivity index (χ0n) is 19.2. The first-order chi connectivity index (χ1) is 17.0. The number of nitrogens with zero attached hydrogens (tertiary/aromatic N) is 4. The number of hydrogen-bond donors (Lipinski definition) is 0. The first kappa shape index (κ1) is 25.6. The standard InChI is InChI=1S/C24H23F3N4O4S/c1-3-23(32)30-13-21(22(14-30)35-15-16-7-9-18(10-8-16)24(25,26)27)31-12-20(28-29-31)17-5-4-6-19(11-17)36(2,33)34/h3-12,21-22H,1,13-15H2,2H3. The van der Waals surface area contributed by atoms with E-state index in [4.69, 9.17) is 4.74 Å². The normalized spacial score (nSPS) is 18.4. The Balaban J connectivity index is 1.54. The molecule has 12 heteroatoms. The van der Waals surface area contributed by atoms with E-state index in [2.05, 4.69) is 16.9 Å². The summed E-state index contributed by atoms with van der Waals surface area (Å²) < 4.78 is 69.8. The molecule has 0 N–H and O–H groups in total. The van der Waals surface area contributed by atoms with Crippen LogP contribution < -0.4 is 0 Å². The van der Waals surface area contributed by atoms with Crippen LogP contribution in [0, 0.1) is 0 Å². The van der Waals surface area contributed by atoms with Crippen LogP contribution in [0.15, 0.2) is 72.3 Å². The van der Waals surface area contributed by atoms with Crippen LogP contribution in [0.25, 0.3) is 11.3 Å². The van der Waals surface area contributed by atoms with E-state index in [1.54, 1.807) is 27.9 Å². The van der Waals surface area contributed by atoms with Gasteiger partial charge in [-0.05, 0) is 35.9 Å². The minimum Gasteiger partial charge on any atom is -0.369 e. The number of carbonyl (C=O) groups excluding carboxylic acids is 1. The maximum atomic E-state index is 12.8. The van der Waals surface area contributed by atoms with Crippen molar-refractivity contribution >= 4 is 15.7 Å². The van der Waals surface area contributed by atoms with Gasteiger partial charge in [-0.2, -0.15) is 13.2 Å². The van der Waals surface area contributed by atoms with Gasteiger partial charge in [0.15, 0.2) is 9.84 Å². The lowest BCUT2D eigenvalue weighted by molar-refractivity contribution is -0.137. The summed E-state index contributed by atoms with van der Waals surface area (Å²) in [4.78, 5) is 13.9. The molecular weight excluding hydrogens is 497 g/mol. The smallest absolute Gasteiger partial charge is 0.369 e. The third kappa shape index (κ3) is 5.65. The maximum Gasteiger partial charge on any atom is 0.416 e. The number of likely N-dealkylation sites (tertiary alicyclic amines) is 1. The molecule has 4 rings (SSSR count). The summed E-state index contributed by atoms with van der Waals surface area (Å²) in [6.07, 6.45) is -0.993. The van der Waals surface area contributed by atoms with Crippen molar-refractivity contribution in [2.45, 2.75) is 29.8 Å². The number of halogens is 3. The van der Waals surface area contributed by atoms with Gasteiger partial charge in [0, 0.05) is 24.9 Å². The van der Waals surface area contributed by atoms with E-state index in [0.717, 1.165) is 18.4 Å². The molecule has 0 bridgehead atoms. The Bertz CT molecular complexity index is 1370. The molecule has 1 aliphatic rings. The van der Waals surface area contributed by atoms with E-state index in [1.807, 2.05) is 0 Å². The third-order valence-corrected chi connectivity index (χ3v) is 6.99. The molecule has 8 nitrogen and oxygen atoms in total. The highest BCUT2D eigenvalue weighted by atomic mass is 32.2. The second-order valence-corrected chi connectivity index (χ2v) is 10.5. The Morgan fingerprint density at radius 3 is 2.56 bits per heavy atom. The maximum absolute atomic E-state index is 12.8. The van der Waals surface area contributed by atoms with Crippen LogP contribution in [0.5, 0.6) is 0 Å². The minimum absolute atomic E-state index is 0.0351. The number of benzene rings is 2. The van der Waals surface area contributed by atoms with Crippen molar-refractivity contribution in [1.29, 1.82) is 0 Å². The number of sulfone groups is 1. The highest BCUT2D eigenvalue weighted by Crippen LogP contribution is 2.30. The lowest BCUT2D eigenvalue weighted by Crippen LogP contribution is -2.28. The van der Waals surface area contributed by atoms with Crippen molar-refractivity contribution in [3.63, 3.8) is 0 Å². The van der Waals surface area contributed by atoms with Gasteiger partial charge >= 0.3 is 6.18 Å². The fourth-order valence-electron chi connectivity index (χ4n) is 3.93. The van der Waals surface area contributed by atoms with Crippen LogP contribution >= 0.6 is 0 Å². The van der Waals surface area contributed by atoms with E-state index in [0.29, 0.717) is 16.8 Å².